The second kappa shape index (κ2) is 6.20. The molecule has 0 aliphatic carbocycles. The molecule has 2 heteroatoms. The molecule has 22 heavy (non-hydrogen) atoms. The van der Waals surface area contributed by atoms with Crippen LogP contribution in [-0.2, 0) is 4.74 Å². The van der Waals surface area contributed by atoms with Crippen molar-refractivity contribution in [3.63, 3.8) is 0 Å². The third-order valence-electron chi connectivity index (χ3n) is 4.08. The Balaban J connectivity index is 2.11. The maximum atomic E-state index is 5.84. The summed E-state index contributed by atoms with van der Waals surface area (Å²) in [6.07, 6.45) is 3.28. The Labute approximate surface area is 132 Å². The van der Waals surface area contributed by atoms with Crippen molar-refractivity contribution in [2.24, 2.45) is 0 Å². The van der Waals surface area contributed by atoms with E-state index in [2.05, 4.69) is 61.3 Å². The molecule has 1 unspecified atom stereocenters. The van der Waals surface area contributed by atoms with E-state index in [9.17, 15) is 0 Å². The van der Waals surface area contributed by atoms with Crippen molar-refractivity contribution in [2.75, 3.05) is 12.0 Å². The van der Waals surface area contributed by atoms with E-state index < -0.39 is 0 Å². The van der Waals surface area contributed by atoms with Crippen LogP contribution in [0.3, 0.4) is 0 Å². The number of nitrogens with zero attached hydrogens (tertiary/aromatic N) is 1. The second-order valence-electron chi connectivity index (χ2n) is 5.44. The van der Waals surface area contributed by atoms with Gasteiger partial charge < -0.3 is 9.64 Å². The third-order valence-corrected chi connectivity index (χ3v) is 4.08. The number of anilines is 1. The number of methoxy groups -OCH3 is 1. The van der Waals surface area contributed by atoms with Crippen LogP contribution >= 0.6 is 0 Å². The van der Waals surface area contributed by atoms with Crippen LogP contribution in [-0.4, -0.2) is 13.3 Å². The third kappa shape index (κ3) is 2.58. The molecule has 1 heterocycles. The Kier molecular flexibility index (Phi) is 4.12. The Morgan fingerprint density at radius 1 is 0.909 bits per heavy atom. The van der Waals surface area contributed by atoms with Gasteiger partial charge >= 0.3 is 0 Å². The lowest BCUT2D eigenvalue weighted by Gasteiger charge is -2.36. The van der Waals surface area contributed by atoms with Gasteiger partial charge in [-0.3, -0.25) is 0 Å². The molecule has 2 aromatic rings. The van der Waals surface area contributed by atoms with E-state index in [1.165, 1.54) is 16.7 Å². The van der Waals surface area contributed by atoms with Crippen molar-refractivity contribution in [1.82, 2.24) is 0 Å². The molecule has 1 aliphatic heterocycles. The number of para-hydroxylation sites is 1. The summed E-state index contributed by atoms with van der Waals surface area (Å²) >= 11 is 0. The number of rotatable bonds is 3. The lowest BCUT2D eigenvalue weighted by molar-refractivity contribution is 0.149. The number of hydrogen-bond donors (Lipinski definition) is 0. The predicted molar refractivity (Wildman–Crippen MR) is 91.2 cm³/mol. The maximum Gasteiger partial charge on any atom is 0.161 e. The minimum absolute atomic E-state index is 0.173. The predicted octanol–water partition coefficient (Wildman–Crippen LogP) is 4.66. The molecule has 1 atom stereocenters. The first kappa shape index (κ1) is 14.6. The van der Waals surface area contributed by atoms with Gasteiger partial charge in [0.2, 0.25) is 0 Å². The summed E-state index contributed by atoms with van der Waals surface area (Å²) in [5, 5.41) is 0. The van der Waals surface area contributed by atoms with E-state index in [0.717, 1.165) is 11.3 Å². The smallest absolute Gasteiger partial charge is 0.161 e. The topological polar surface area (TPSA) is 12.5 Å². The van der Waals surface area contributed by atoms with Crippen LogP contribution in [0.4, 0.5) is 5.69 Å². The first-order valence-corrected chi connectivity index (χ1v) is 7.46. The van der Waals surface area contributed by atoms with Crippen molar-refractivity contribution < 1.29 is 4.74 Å². The Bertz CT molecular complexity index is 701. The minimum atomic E-state index is -0.173. The van der Waals surface area contributed by atoms with Gasteiger partial charge in [0.05, 0.1) is 6.20 Å². The quantitative estimate of drug-likeness (QED) is 0.815. The van der Waals surface area contributed by atoms with E-state index in [4.69, 9.17) is 4.74 Å². The molecule has 0 bridgehead atoms. The summed E-state index contributed by atoms with van der Waals surface area (Å²) in [5.41, 5.74) is 5.83. The molecule has 0 saturated heterocycles. The zero-order valence-corrected chi connectivity index (χ0v) is 13.2. The molecule has 2 aromatic carbocycles. The van der Waals surface area contributed by atoms with Crippen LogP contribution in [0, 0.1) is 6.20 Å². The fourth-order valence-electron chi connectivity index (χ4n) is 2.83. The SMILES string of the molecule is COC1C(c2ccccc2)=C(C)C(C)=[C]N1c1ccccc1. The highest BCUT2D eigenvalue weighted by molar-refractivity contribution is 5.79. The Morgan fingerprint density at radius 3 is 2.09 bits per heavy atom. The fourth-order valence-corrected chi connectivity index (χ4v) is 2.83. The largest absolute Gasteiger partial charge is 0.357 e. The monoisotopic (exact) mass is 290 g/mol. The van der Waals surface area contributed by atoms with Crippen molar-refractivity contribution in [3.8, 4) is 0 Å². The number of allylic oxidation sites excluding steroid dienone is 2. The van der Waals surface area contributed by atoms with Gasteiger partial charge in [-0.1, -0.05) is 48.5 Å². The van der Waals surface area contributed by atoms with Crippen LogP contribution in [0.15, 0.2) is 71.8 Å². The highest BCUT2D eigenvalue weighted by Crippen LogP contribution is 2.36. The van der Waals surface area contributed by atoms with Gasteiger partial charge in [-0.05, 0) is 42.7 Å². The average molecular weight is 290 g/mol. The molecule has 1 radical (unpaired) electrons. The maximum absolute atomic E-state index is 5.84. The van der Waals surface area contributed by atoms with Gasteiger partial charge in [-0.25, -0.2) is 0 Å². The van der Waals surface area contributed by atoms with Crippen molar-refractivity contribution >= 4 is 11.3 Å². The summed E-state index contributed by atoms with van der Waals surface area (Å²) < 4.78 is 5.84. The molecule has 3 rings (SSSR count). The second-order valence-corrected chi connectivity index (χ2v) is 5.44. The molecular formula is C20H20NO. The fraction of sp³-hybridized carbons (Fsp3) is 0.200. The number of ether oxygens (including phenoxy) is 1. The zero-order valence-electron chi connectivity index (χ0n) is 13.2. The van der Waals surface area contributed by atoms with Crippen molar-refractivity contribution in [3.05, 3.63) is 83.6 Å². The molecule has 1 aliphatic rings. The summed E-state index contributed by atoms with van der Waals surface area (Å²) in [5.74, 6) is 0. The van der Waals surface area contributed by atoms with Gasteiger partial charge in [-0.15, -0.1) is 0 Å². The van der Waals surface area contributed by atoms with E-state index in [1.807, 2.05) is 24.3 Å². The minimum Gasteiger partial charge on any atom is -0.357 e. The molecule has 0 spiro atoms. The number of hydrogen-bond acceptors (Lipinski definition) is 2. The van der Waals surface area contributed by atoms with Crippen molar-refractivity contribution in [2.45, 2.75) is 20.1 Å². The lowest BCUT2D eigenvalue weighted by Crippen LogP contribution is -2.37. The molecular weight excluding hydrogens is 270 g/mol. The number of benzene rings is 2. The van der Waals surface area contributed by atoms with E-state index in [1.54, 1.807) is 7.11 Å². The van der Waals surface area contributed by atoms with Crippen molar-refractivity contribution in [1.29, 1.82) is 0 Å². The molecule has 111 valence electrons. The zero-order chi connectivity index (χ0) is 15.5. The average Bonchev–Trinajstić information content (AvgIpc) is 2.58. The standard InChI is InChI=1S/C20H20NO/c1-15-14-21(18-12-8-5-9-13-18)20(22-3)19(16(15)2)17-10-6-4-7-11-17/h4-13,20H,1-3H3. The summed E-state index contributed by atoms with van der Waals surface area (Å²) in [6, 6.07) is 20.7. The van der Waals surface area contributed by atoms with Crippen LogP contribution in [0.1, 0.15) is 19.4 Å². The van der Waals surface area contributed by atoms with Crippen LogP contribution in [0.5, 0.6) is 0 Å². The van der Waals surface area contributed by atoms with Gasteiger partial charge in [-0.2, -0.15) is 0 Å². The molecule has 0 saturated carbocycles. The molecule has 0 fully saturated rings. The Hall–Kier alpha value is -2.32. The highest BCUT2D eigenvalue weighted by Gasteiger charge is 2.29. The molecule has 0 amide bonds. The molecule has 0 aromatic heterocycles. The molecule has 0 N–H and O–H groups in total. The highest BCUT2D eigenvalue weighted by atomic mass is 16.5. The Morgan fingerprint density at radius 2 is 1.50 bits per heavy atom. The van der Waals surface area contributed by atoms with Crippen LogP contribution in [0.2, 0.25) is 0 Å². The van der Waals surface area contributed by atoms with Crippen LogP contribution in [0.25, 0.3) is 5.57 Å². The normalized spacial score (nSPS) is 18.4. The van der Waals surface area contributed by atoms with Gasteiger partial charge in [0, 0.05) is 18.4 Å². The first-order chi connectivity index (χ1) is 10.7. The van der Waals surface area contributed by atoms with E-state index >= 15 is 0 Å². The molecule has 2 nitrogen and oxygen atoms in total. The summed E-state index contributed by atoms with van der Waals surface area (Å²) in [6.45, 7) is 4.24. The van der Waals surface area contributed by atoms with Crippen LogP contribution < -0.4 is 4.90 Å². The lowest BCUT2D eigenvalue weighted by atomic mass is 9.92. The van der Waals surface area contributed by atoms with E-state index in [0.29, 0.717) is 0 Å². The first-order valence-electron chi connectivity index (χ1n) is 7.46. The van der Waals surface area contributed by atoms with Gasteiger partial charge in [0.25, 0.3) is 0 Å². The summed E-state index contributed by atoms with van der Waals surface area (Å²) in [4.78, 5) is 2.07. The van der Waals surface area contributed by atoms with E-state index in [-0.39, 0.29) is 6.23 Å². The van der Waals surface area contributed by atoms with Gasteiger partial charge in [0.15, 0.2) is 6.23 Å². The summed E-state index contributed by atoms with van der Waals surface area (Å²) in [7, 11) is 1.75. The van der Waals surface area contributed by atoms with Gasteiger partial charge in [0.1, 0.15) is 0 Å².